The molecule has 176 valence electrons. The zero-order chi connectivity index (χ0) is 23.2. The molecule has 4 rings (SSSR count). The second-order valence-electron chi connectivity index (χ2n) is 10.0. The van der Waals surface area contributed by atoms with E-state index in [-0.39, 0.29) is 24.0 Å². The molecule has 0 radical (unpaired) electrons. The van der Waals surface area contributed by atoms with Crippen LogP contribution < -0.4 is 0 Å². The number of esters is 4. The van der Waals surface area contributed by atoms with Crippen LogP contribution in [0.4, 0.5) is 0 Å². The maximum Gasteiger partial charge on any atom is 0.344 e. The van der Waals surface area contributed by atoms with Gasteiger partial charge in [0.25, 0.3) is 0 Å². The summed E-state index contributed by atoms with van der Waals surface area (Å²) in [6, 6.07) is 0. The Bertz CT molecular complexity index is 751. The summed E-state index contributed by atoms with van der Waals surface area (Å²) in [5.41, 5.74) is 0. The number of carbonyl (C=O) groups is 4. The summed E-state index contributed by atoms with van der Waals surface area (Å²) in [5.74, 6) is -2.11. The maximum atomic E-state index is 13.1. The fourth-order valence-electron chi connectivity index (χ4n) is 6.73. The summed E-state index contributed by atoms with van der Waals surface area (Å²) in [6.45, 7) is 5.91. The minimum absolute atomic E-state index is 0.0127. The van der Waals surface area contributed by atoms with Gasteiger partial charge in [-0.3, -0.25) is 9.59 Å². The van der Waals surface area contributed by atoms with Crippen molar-refractivity contribution in [2.75, 3.05) is 13.2 Å². The minimum Gasteiger partial charge on any atom is -0.460 e. The van der Waals surface area contributed by atoms with Gasteiger partial charge < -0.3 is 18.9 Å². The highest BCUT2D eigenvalue weighted by atomic mass is 16.6. The minimum atomic E-state index is -0.672. The molecule has 0 saturated heterocycles. The first-order chi connectivity index (χ1) is 15.2. The topological polar surface area (TPSA) is 105 Å². The lowest BCUT2D eigenvalue weighted by molar-refractivity contribution is -0.174. The van der Waals surface area contributed by atoms with Gasteiger partial charge in [-0.05, 0) is 76.0 Å². The van der Waals surface area contributed by atoms with Crippen molar-refractivity contribution in [3.05, 3.63) is 12.2 Å². The molecule has 3 saturated carbocycles. The van der Waals surface area contributed by atoms with Gasteiger partial charge in [0.15, 0.2) is 13.2 Å². The molecule has 0 aliphatic heterocycles. The van der Waals surface area contributed by atoms with Gasteiger partial charge in [0, 0.05) is 0 Å². The third-order valence-corrected chi connectivity index (χ3v) is 7.37. The van der Waals surface area contributed by atoms with E-state index in [4.69, 9.17) is 18.9 Å². The second kappa shape index (κ2) is 8.87. The Labute approximate surface area is 188 Å². The van der Waals surface area contributed by atoms with Gasteiger partial charge in [-0.2, -0.15) is 0 Å². The van der Waals surface area contributed by atoms with Crippen molar-refractivity contribution in [1.82, 2.24) is 0 Å². The Morgan fingerprint density at radius 3 is 1.50 bits per heavy atom. The zero-order valence-electron chi connectivity index (χ0n) is 19.0. The average Bonchev–Trinajstić information content (AvgIpc) is 3.47. The molecular formula is C24H32O8. The Morgan fingerprint density at radius 1 is 0.719 bits per heavy atom. The van der Waals surface area contributed by atoms with Crippen molar-refractivity contribution in [2.24, 2.45) is 47.3 Å². The van der Waals surface area contributed by atoms with Crippen LogP contribution in [0.5, 0.6) is 0 Å². The largest absolute Gasteiger partial charge is 0.460 e. The first kappa shape index (κ1) is 22.8. The van der Waals surface area contributed by atoms with Gasteiger partial charge in [0.2, 0.25) is 0 Å². The first-order valence-corrected chi connectivity index (χ1v) is 11.6. The van der Waals surface area contributed by atoms with Crippen molar-refractivity contribution < 1.29 is 38.1 Å². The lowest BCUT2D eigenvalue weighted by Gasteiger charge is -2.39. The number of hydrogen-bond acceptors (Lipinski definition) is 8. The van der Waals surface area contributed by atoms with Crippen LogP contribution >= 0.6 is 0 Å². The van der Waals surface area contributed by atoms with Crippen LogP contribution in [-0.4, -0.2) is 49.3 Å². The van der Waals surface area contributed by atoms with E-state index in [0.717, 1.165) is 12.8 Å². The molecule has 8 nitrogen and oxygen atoms in total. The number of hydrogen-bond donors (Lipinski definition) is 0. The van der Waals surface area contributed by atoms with Crippen LogP contribution in [0.25, 0.3) is 0 Å². The molecular weight excluding hydrogens is 416 g/mol. The van der Waals surface area contributed by atoms with Crippen molar-refractivity contribution in [3.63, 3.8) is 0 Å². The van der Waals surface area contributed by atoms with E-state index in [1.165, 1.54) is 0 Å². The van der Waals surface area contributed by atoms with Gasteiger partial charge in [-0.15, -0.1) is 0 Å². The third kappa shape index (κ3) is 4.16. The monoisotopic (exact) mass is 448 g/mol. The Kier molecular flexibility index (Phi) is 6.32. The smallest absolute Gasteiger partial charge is 0.344 e. The maximum absolute atomic E-state index is 13.1. The van der Waals surface area contributed by atoms with Crippen LogP contribution in [-0.2, 0) is 38.1 Å². The summed E-state index contributed by atoms with van der Waals surface area (Å²) < 4.78 is 20.7. The molecule has 8 heteroatoms. The number of rotatable bonds is 8. The van der Waals surface area contributed by atoms with E-state index < -0.39 is 48.9 Å². The summed E-state index contributed by atoms with van der Waals surface area (Å²) in [5, 5.41) is 0. The quantitative estimate of drug-likeness (QED) is 0.241. The molecule has 0 heterocycles. The van der Waals surface area contributed by atoms with Crippen molar-refractivity contribution in [1.29, 1.82) is 0 Å². The summed E-state index contributed by atoms with van der Waals surface area (Å²) >= 11 is 0. The molecule has 4 aliphatic carbocycles. The van der Waals surface area contributed by atoms with Crippen LogP contribution in [0.15, 0.2) is 12.2 Å². The van der Waals surface area contributed by atoms with Gasteiger partial charge >= 0.3 is 23.9 Å². The van der Waals surface area contributed by atoms with E-state index in [1.807, 2.05) is 0 Å². The molecule has 0 aromatic rings. The van der Waals surface area contributed by atoms with E-state index in [1.54, 1.807) is 27.7 Å². The lowest BCUT2D eigenvalue weighted by atomic mass is 9.65. The summed E-state index contributed by atoms with van der Waals surface area (Å²) in [6.07, 6.45) is 5.69. The predicted octanol–water partition coefficient (Wildman–Crippen LogP) is 2.30. The molecule has 0 aromatic heterocycles. The highest BCUT2D eigenvalue weighted by Gasteiger charge is 2.68. The van der Waals surface area contributed by atoms with Crippen LogP contribution in [0, 0.1) is 47.3 Å². The van der Waals surface area contributed by atoms with Gasteiger partial charge in [-0.25, -0.2) is 9.59 Å². The number of ether oxygens (including phenoxy) is 4. The highest BCUT2D eigenvalue weighted by molar-refractivity contribution is 5.86. The van der Waals surface area contributed by atoms with Crippen LogP contribution in [0.3, 0.4) is 0 Å². The van der Waals surface area contributed by atoms with Gasteiger partial charge in [0.05, 0.1) is 24.0 Å². The molecule has 0 amide bonds. The molecule has 0 spiro atoms. The fraction of sp³-hybridized carbons (Fsp3) is 0.750. The van der Waals surface area contributed by atoms with Gasteiger partial charge in [0.1, 0.15) is 0 Å². The fourth-order valence-corrected chi connectivity index (χ4v) is 6.73. The Balaban J connectivity index is 1.47. The number of allylic oxidation sites excluding steroid dienone is 2. The lowest BCUT2D eigenvalue weighted by Crippen LogP contribution is -2.45. The molecule has 8 unspecified atom stereocenters. The molecule has 4 bridgehead atoms. The zero-order valence-corrected chi connectivity index (χ0v) is 19.0. The third-order valence-electron chi connectivity index (χ3n) is 7.37. The van der Waals surface area contributed by atoms with E-state index in [2.05, 4.69) is 12.2 Å². The van der Waals surface area contributed by atoms with Crippen molar-refractivity contribution in [2.45, 2.75) is 52.7 Å². The van der Waals surface area contributed by atoms with E-state index >= 15 is 0 Å². The van der Waals surface area contributed by atoms with Crippen LogP contribution in [0.1, 0.15) is 40.5 Å². The van der Waals surface area contributed by atoms with E-state index in [0.29, 0.717) is 23.7 Å². The van der Waals surface area contributed by atoms with Gasteiger partial charge in [-0.1, -0.05) is 12.2 Å². The SMILES string of the molecule is CC(C)OC(=O)COC(=O)C1C2CC(C1C(=O)OCC(=O)OC(C)C)C1C3C=CC(C3)C21. The molecule has 3 fully saturated rings. The predicted molar refractivity (Wildman–Crippen MR) is 111 cm³/mol. The van der Waals surface area contributed by atoms with Crippen molar-refractivity contribution in [3.8, 4) is 0 Å². The summed E-state index contributed by atoms with van der Waals surface area (Å²) in [4.78, 5) is 49.8. The van der Waals surface area contributed by atoms with E-state index in [9.17, 15) is 19.2 Å². The second-order valence-corrected chi connectivity index (χ2v) is 10.0. The van der Waals surface area contributed by atoms with Crippen LogP contribution in [0.2, 0.25) is 0 Å². The number of fused-ring (bicyclic) bond motifs is 9. The Morgan fingerprint density at radius 2 is 1.12 bits per heavy atom. The van der Waals surface area contributed by atoms with Crippen molar-refractivity contribution >= 4 is 23.9 Å². The summed E-state index contributed by atoms with van der Waals surface area (Å²) in [7, 11) is 0. The highest BCUT2D eigenvalue weighted by Crippen LogP contribution is 2.69. The molecule has 0 N–H and O–H groups in total. The first-order valence-electron chi connectivity index (χ1n) is 11.6. The molecule has 32 heavy (non-hydrogen) atoms. The standard InChI is InChI=1S/C24H32O8/c1-11(2)31-17(25)9-29-23(27)21-15-8-16(20-14-6-5-13(7-14)19(15)20)22(21)24(28)30-10-18(26)32-12(3)4/h5-6,11-16,19-22H,7-10H2,1-4H3. The normalized spacial score (nSPS) is 35.8. The Hall–Kier alpha value is -2.38. The number of carbonyl (C=O) groups excluding carboxylic acids is 4. The average molecular weight is 449 g/mol. The molecule has 8 atom stereocenters. The molecule has 0 aromatic carbocycles. The molecule has 4 aliphatic rings.